The highest BCUT2D eigenvalue weighted by molar-refractivity contribution is 7.20. The van der Waals surface area contributed by atoms with Crippen LogP contribution in [0.4, 0.5) is 5.82 Å². The Kier molecular flexibility index (Phi) is 4.65. The van der Waals surface area contributed by atoms with E-state index in [9.17, 15) is 4.79 Å². The highest BCUT2D eigenvalue weighted by Crippen LogP contribution is 2.32. The molecule has 32 heavy (non-hydrogen) atoms. The Labute approximate surface area is 192 Å². The Bertz CT molecular complexity index is 1430. The van der Waals surface area contributed by atoms with Crippen molar-refractivity contribution >= 4 is 54.8 Å². The van der Waals surface area contributed by atoms with E-state index >= 15 is 0 Å². The Hall–Kier alpha value is -3.30. The molecule has 1 aliphatic heterocycles. The number of nitrogens with zero attached hydrogens (tertiary/aromatic N) is 6. The topological polar surface area (TPSA) is 67.2 Å². The molecule has 0 saturated carbocycles. The van der Waals surface area contributed by atoms with Gasteiger partial charge in [-0.15, -0.1) is 22.7 Å². The van der Waals surface area contributed by atoms with Crippen LogP contribution in [0.15, 0.2) is 54.2 Å². The molecule has 4 aromatic heterocycles. The van der Waals surface area contributed by atoms with Crippen LogP contribution < -0.4 is 4.90 Å². The first-order valence-electron chi connectivity index (χ1n) is 10.5. The molecule has 0 unspecified atom stereocenters. The van der Waals surface area contributed by atoms with Crippen LogP contribution in [0.2, 0.25) is 0 Å². The van der Waals surface area contributed by atoms with Gasteiger partial charge in [0.05, 0.1) is 21.6 Å². The zero-order valence-electron chi connectivity index (χ0n) is 17.4. The molecule has 6 rings (SSSR count). The van der Waals surface area contributed by atoms with Crippen molar-refractivity contribution in [2.75, 3.05) is 31.1 Å². The van der Waals surface area contributed by atoms with Gasteiger partial charge in [0.25, 0.3) is 5.91 Å². The average molecular weight is 461 g/mol. The zero-order valence-corrected chi connectivity index (χ0v) is 19.1. The highest BCUT2D eigenvalue weighted by Gasteiger charge is 2.26. The number of amides is 1. The molecular formula is C23H20N6OS2. The summed E-state index contributed by atoms with van der Waals surface area (Å²) >= 11 is 3.14. The second-order valence-corrected chi connectivity index (χ2v) is 9.70. The summed E-state index contributed by atoms with van der Waals surface area (Å²) in [6.45, 7) is 4.86. The van der Waals surface area contributed by atoms with E-state index in [2.05, 4.69) is 26.0 Å². The van der Waals surface area contributed by atoms with Gasteiger partial charge in [0, 0.05) is 31.6 Å². The Morgan fingerprint density at radius 1 is 1.00 bits per heavy atom. The van der Waals surface area contributed by atoms with E-state index in [1.54, 1.807) is 17.7 Å². The van der Waals surface area contributed by atoms with Gasteiger partial charge >= 0.3 is 0 Å². The molecule has 1 aromatic carbocycles. The fraction of sp³-hybridized carbons (Fsp3) is 0.217. The molecule has 0 N–H and O–H groups in total. The van der Waals surface area contributed by atoms with Gasteiger partial charge in [0.1, 0.15) is 21.8 Å². The van der Waals surface area contributed by atoms with Crippen LogP contribution in [0.3, 0.4) is 0 Å². The van der Waals surface area contributed by atoms with Crippen LogP contribution in [-0.4, -0.2) is 56.7 Å². The first kappa shape index (κ1) is 19.4. The van der Waals surface area contributed by atoms with Crippen LogP contribution in [0.25, 0.3) is 26.1 Å². The van der Waals surface area contributed by atoms with Gasteiger partial charge in [-0.2, -0.15) is 5.10 Å². The monoisotopic (exact) mass is 460 g/mol. The molecule has 0 spiro atoms. The van der Waals surface area contributed by atoms with Gasteiger partial charge < -0.3 is 9.80 Å². The lowest BCUT2D eigenvalue weighted by Gasteiger charge is -2.35. The van der Waals surface area contributed by atoms with Crippen molar-refractivity contribution in [1.82, 2.24) is 24.6 Å². The van der Waals surface area contributed by atoms with Gasteiger partial charge in [-0.25, -0.2) is 14.6 Å². The van der Waals surface area contributed by atoms with Crippen LogP contribution >= 0.6 is 22.7 Å². The third-order valence-corrected chi connectivity index (χ3v) is 7.78. The lowest BCUT2D eigenvalue weighted by Crippen LogP contribution is -2.49. The fourth-order valence-corrected chi connectivity index (χ4v) is 6.08. The first-order valence-corrected chi connectivity index (χ1v) is 12.2. The molecule has 160 valence electrons. The number of thiophene rings is 2. The molecule has 7 nitrogen and oxygen atoms in total. The number of anilines is 1. The Morgan fingerprint density at radius 3 is 2.62 bits per heavy atom. The number of fused-ring (bicyclic) bond motifs is 2. The van der Waals surface area contributed by atoms with Crippen molar-refractivity contribution in [3.63, 3.8) is 0 Å². The van der Waals surface area contributed by atoms with Gasteiger partial charge in [-0.3, -0.25) is 4.79 Å². The summed E-state index contributed by atoms with van der Waals surface area (Å²) in [6, 6.07) is 14.1. The number of para-hydroxylation sites is 1. The van der Waals surface area contributed by atoms with Crippen molar-refractivity contribution in [1.29, 1.82) is 0 Å². The molecular weight excluding hydrogens is 440 g/mol. The third kappa shape index (κ3) is 3.16. The number of hydrogen-bond acceptors (Lipinski definition) is 7. The molecule has 1 aliphatic rings. The third-order valence-electron chi connectivity index (χ3n) is 5.86. The van der Waals surface area contributed by atoms with Gasteiger partial charge in [0.2, 0.25) is 0 Å². The maximum Gasteiger partial charge on any atom is 0.264 e. The Morgan fingerprint density at radius 2 is 1.81 bits per heavy atom. The number of benzene rings is 1. The van der Waals surface area contributed by atoms with Crippen molar-refractivity contribution in [2.45, 2.75) is 6.92 Å². The molecule has 1 saturated heterocycles. The second-order valence-electron chi connectivity index (χ2n) is 7.78. The normalized spacial score (nSPS) is 14.5. The summed E-state index contributed by atoms with van der Waals surface area (Å²) in [5, 5.41) is 8.85. The minimum absolute atomic E-state index is 0.0910. The van der Waals surface area contributed by atoms with E-state index in [0.29, 0.717) is 13.1 Å². The predicted octanol–water partition coefficient (Wildman–Crippen LogP) is 4.36. The van der Waals surface area contributed by atoms with Crippen molar-refractivity contribution in [3.8, 4) is 5.69 Å². The van der Waals surface area contributed by atoms with Gasteiger partial charge in [-0.1, -0.05) is 18.2 Å². The lowest BCUT2D eigenvalue weighted by molar-refractivity contribution is 0.0751. The summed E-state index contributed by atoms with van der Waals surface area (Å²) in [5.41, 5.74) is 1.94. The zero-order chi connectivity index (χ0) is 21.7. The molecule has 0 atom stereocenters. The number of piperazine rings is 1. The maximum atomic E-state index is 13.3. The number of carbonyl (C=O) groups excluding carboxylic acids is 1. The van der Waals surface area contributed by atoms with Crippen molar-refractivity contribution in [3.05, 3.63) is 64.7 Å². The van der Waals surface area contributed by atoms with E-state index in [4.69, 9.17) is 0 Å². The number of hydrogen-bond donors (Lipinski definition) is 0. The largest absolute Gasteiger partial charge is 0.352 e. The quantitative estimate of drug-likeness (QED) is 0.400. The highest BCUT2D eigenvalue weighted by atomic mass is 32.1. The van der Waals surface area contributed by atoms with Crippen LogP contribution in [0.1, 0.15) is 15.4 Å². The lowest BCUT2D eigenvalue weighted by atomic mass is 10.2. The number of aromatic nitrogens is 4. The van der Waals surface area contributed by atoms with Gasteiger partial charge in [0.15, 0.2) is 0 Å². The van der Waals surface area contributed by atoms with Crippen LogP contribution in [0.5, 0.6) is 0 Å². The summed E-state index contributed by atoms with van der Waals surface area (Å²) in [6.07, 6.45) is 1.63. The van der Waals surface area contributed by atoms with Crippen LogP contribution in [-0.2, 0) is 0 Å². The standard InChI is InChI=1S/C23H20N6OS2/c1-15-18-13-19(32-23(18)29(26-15)16-5-3-2-4-6-16)22(30)28-10-8-27(9-11-28)20-17-7-12-31-21(17)25-14-24-20/h2-7,12-14H,8-11H2,1H3. The number of carbonyl (C=O) groups is 1. The summed E-state index contributed by atoms with van der Waals surface area (Å²) in [4.78, 5) is 29.1. The minimum atomic E-state index is 0.0910. The second kappa shape index (κ2) is 7.68. The SMILES string of the molecule is Cc1nn(-c2ccccc2)c2sc(C(=O)N3CCN(c4ncnc5sccc45)CC3)cc12. The molecule has 0 radical (unpaired) electrons. The fourth-order valence-electron chi connectivity index (χ4n) is 4.20. The summed E-state index contributed by atoms with van der Waals surface area (Å²) in [7, 11) is 0. The first-order chi connectivity index (χ1) is 15.7. The summed E-state index contributed by atoms with van der Waals surface area (Å²) < 4.78 is 1.94. The number of aryl methyl sites for hydroxylation is 1. The van der Waals surface area contributed by atoms with Crippen molar-refractivity contribution < 1.29 is 4.79 Å². The molecule has 5 aromatic rings. The number of rotatable bonds is 3. The van der Waals surface area contributed by atoms with Gasteiger partial charge in [-0.05, 0) is 36.6 Å². The van der Waals surface area contributed by atoms with E-state index in [0.717, 1.165) is 55.6 Å². The molecule has 0 bridgehead atoms. The smallest absolute Gasteiger partial charge is 0.264 e. The van der Waals surface area contributed by atoms with E-state index in [-0.39, 0.29) is 5.91 Å². The molecule has 1 amide bonds. The maximum absolute atomic E-state index is 13.3. The minimum Gasteiger partial charge on any atom is -0.352 e. The predicted molar refractivity (Wildman–Crippen MR) is 129 cm³/mol. The Balaban J connectivity index is 1.23. The van der Waals surface area contributed by atoms with E-state index in [1.165, 1.54) is 11.3 Å². The molecule has 1 fully saturated rings. The molecule has 0 aliphatic carbocycles. The molecule has 5 heterocycles. The van der Waals surface area contributed by atoms with E-state index < -0.39 is 0 Å². The summed E-state index contributed by atoms with van der Waals surface area (Å²) in [5.74, 6) is 1.05. The molecule has 9 heteroatoms. The average Bonchev–Trinajstić information content (AvgIpc) is 3.56. The van der Waals surface area contributed by atoms with Crippen molar-refractivity contribution in [2.24, 2.45) is 0 Å². The van der Waals surface area contributed by atoms with Crippen LogP contribution in [0, 0.1) is 6.92 Å². The van der Waals surface area contributed by atoms with E-state index in [1.807, 2.05) is 58.3 Å².